The maximum Gasteiger partial charge on any atom is 0.123 e. The Morgan fingerprint density at radius 1 is 1.17 bits per heavy atom. The molecule has 0 amide bonds. The molecule has 1 aromatic rings. The highest BCUT2D eigenvalue weighted by Crippen LogP contribution is 2.22. The van der Waals surface area contributed by atoms with Gasteiger partial charge in [-0.05, 0) is 68.9 Å². The fraction of sp³-hybridized carbons (Fsp3) is 0.600. The van der Waals surface area contributed by atoms with E-state index in [2.05, 4.69) is 4.90 Å². The van der Waals surface area contributed by atoms with Crippen molar-refractivity contribution in [1.29, 1.82) is 0 Å². The molecule has 0 bridgehead atoms. The number of hydrogen-bond acceptors (Lipinski definition) is 2. The second-order valence-electron chi connectivity index (χ2n) is 5.28. The lowest BCUT2D eigenvalue weighted by atomic mass is 9.92. The quantitative estimate of drug-likeness (QED) is 0.870. The van der Waals surface area contributed by atoms with Crippen LogP contribution in [0, 0.1) is 11.7 Å². The van der Waals surface area contributed by atoms with Crippen LogP contribution >= 0.6 is 0 Å². The van der Waals surface area contributed by atoms with Gasteiger partial charge in [-0.15, -0.1) is 0 Å². The highest BCUT2D eigenvalue weighted by molar-refractivity contribution is 5.15. The van der Waals surface area contributed by atoms with Crippen molar-refractivity contribution < 1.29 is 4.39 Å². The molecule has 2 N–H and O–H groups in total. The van der Waals surface area contributed by atoms with E-state index in [-0.39, 0.29) is 5.82 Å². The molecule has 0 aliphatic carbocycles. The van der Waals surface area contributed by atoms with Gasteiger partial charge in [0.25, 0.3) is 0 Å². The van der Waals surface area contributed by atoms with Crippen LogP contribution in [0.5, 0.6) is 0 Å². The second kappa shape index (κ2) is 6.86. The first-order valence-corrected chi connectivity index (χ1v) is 6.95. The summed E-state index contributed by atoms with van der Waals surface area (Å²) in [6, 6.07) is 6.86. The van der Waals surface area contributed by atoms with Crippen LogP contribution in [-0.2, 0) is 6.54 Å². The molecule has 1 aliphatic rings. The Morgan fingerprint density at radius 3 is 2.44 bits per heavy atom. The molecule has 1 saturated heterocycles. The Hall–Kier alpha value is -0.930. The maximum absolute atomic E-state index is 12.8. The molecule has 1 heterocycles. The third-order valence-corrected chi connectivity index (χ3v) is 3.84. The summed E-state index contributed by atoms with van der Waals surface area (Å²) < 4.78 is 12.8. The third kappa shape index (κ3) is 4.07. The van der Waals surface area contributed by atoms with E-state index in [9.17, 15) is 4.39 Å². The van der Waals surface area contributed by atoms with E-state index in [1.807, 2.05) is 12.1 Å². The lowest BCUT2D eigenvalue weighted by molar-refractivity contribution is 0.171. The topological polar surface area (TPSA) is 29.3 Å². The van der Waals surface area contributed by atoms with E-state index >= 15 is 0 Å². The molecule has 0 aromatic heterocycles. The van der Waals surface area contributed by atoms with Crippen molar-refractivity contribution in [2.75, 3.05) is 19.6 Å². The number of nitrogens with two attached hydrogens (primary N) is 1. The molecule has 0 saturated carbocycles. The second-order valence-corrected chi connectivity index (χ2v) is 5.28. The summed E-state index contributed by atoms with van der Waals surface area (Å²) in [5.74, 6) is 0.706. The number of rotatable bonds is 5. The van der Waals surface area contributed by atoms with Crippen molar-refractivity contribution in [1.82, 2.24) is 4.90 Å². The molecule has 3 heteroatoms. The largest absolute Gasteiger partial charge is 0.330 e. The third-order valence-electron chi connectivity index (χ3n) is 3.84. The number of likely N-dealkylation sites (tertiary alicyclic amines) is 1. The number of hydrogen-bond donors (Lipinski definition) is 1. The summed E-state index contributed by atoms with van der Waals surface area (Å²) in [6.45, 7) is 4.08. The minimum atomic E-state index is -0.153. The molecule has 100 valence electrons. The number of benzene rings is 1. The summed E-state index contributed by atoms with van der Waals surface area (Å²) in [5.41, 5.74) is 6.75. The van der Waals surface area contributed by atoms with Crippen LogP contribution in [-0.4, -0.2) is 24.5 Å². The summed E-state index contributed by atoms with van der Waals surface area (Å²) in [5, 5.41) is 0. The predicted molar refractivity (Wildman–Crippen MR) is 72.7 cm³/mol. The van der Waals surface area contributed by atoms with Crippen LogP contribution in [0.3, 0.4) is 0 Å². The van der Waals surface area contributed by atoms with Gasteiger partial charge in [-0.2, -0.15) is 0 Å². The molecule has 1 fully saturated rings. The van der Waals surface area contributed by atoms with Crippen molar-refractivity contribution >= 4 is 0 Å². The summed E-state index contributed by atoms with van der Waals surface area (Å²) >= 11 is 0. The van der Waals surface area contributed by atoms with Gasteiger partial charge in [0.2, 0.25) is 0 Å². The summed E-state index contributed by atoms with van der Waals surface area (Å²) in [6.07, 6.45) is 4.99. The Kier molecular flexibility index (Phi) is 5.14. The van der Waals surface area contributed by atoms with E-state index in [4.69, 9.17) is 5.73 Å². The molecular weight excluding hydrogens is 227 g/mol. The van der Waals surface area contributed by atoms with Gasteiger partial charge >= 0.3 is 0 Å². The van der Waals surface area contributed by atoms with Gasteiger partial charge in [0.05, 0.1) is 0 Å². The molecule has 0 radical (unpaired) electrons. The van der Waals surface area contributed by atoms with Gasteiger partial charge in [0.15, 0.2) is 0 Å². The van der Waals surface area contributed by atoms with Gasteiger partial charge in [-0.25, -0.2) is 4.39 Å². The molecule has 1 aromatic carbocycles. The number of piperidine rings is 1. The van der Waals surface area contributed by atoms with Crippen LogP contribution < -0.4 is 5.73 Å². The average molecular weight is 250 g/mol. The van der Waals surface area contributed by atoms with Crippen LogP contribution in [0.2, 0.25) is 0 Å². The minimum absolute atomic E-state index is 0.153. The lowest BCUT2D eigenvalue weighted by Crippen LogP contribution is -2.33. The predicted octanol–water partition coefficient (Wildman–Crippen LogP) is 2.78. The van der Waals surface area contributed by atoms with E-state index in [1.165, 1.54) is 24.8 Å². The van der Waals surface area contributed by atoms with E-state index in [0.29, 0.717) is 0 Å². The van der Waals surface area contributed by atoms with Crippen molar-refractivity contribution in [2.45, 2.75) is 32.2 Å². The number of nitrogens with zero attached hydrogens (tertiary/aromatic N) is 1. The minimum Gasteiger partial charge on any atom is -0.330 e. The zero-order valence-electron chi connectivity index (χ0n) is 10.9. The van der Waals surface area contributed by atoms with Crippen LogP contribution in [0.25, 0.3) is 0 Å². The summed E-state index contributed by atoms with van der Waals surface area (Å²) in [7, 11) is 0. The Bertz CT molecular complexity index is 342. The standard InChI is InChI=1S/C15H23FN2/c16-15-5-3-14(4-6-15)12-18-10-7-13(8-11-18)2-1-9-17/h3-6,13H,1-2,7-12,17H2. The molecule has 2 rings (SSSR count). The van der Waals surface area contributed by atoms with Crippen LogP contribution in [0.4, 0.5) is 4.39 Å². The normalized spacial score (nSPS) is 18.1. The molecule has 18 heavy (non-hydrogen) atoms. The van der Waals surface area contributed by atoms with Crippen molar-refractivity contribution in [3.63, 3.8) is 0 Å². The van der Waals surface area contributed by atoms with Gasteiger partial charge in [0, 0.05) is 6.54 Å². The van der Waals surface area contributed by atoms with Crippen LogP contribution in [0.1, 0.15) is 31.2 Å². The SMILES string of the molecule is NCCCC1CCN(Cc2ccc(F)cc2)CC1. The van der Waals surface area contributed by atoms with E-state index in [0.717, 1.165) is 38.5 Å². The first-order chi connectivity index (χ1) is 8.78. The summed E-state index contributed by atoms with van der Waals surface area (Å²) in [4.78, 5) is 2.46. The molecule has 2 nitrogen and oxygen atoms in total. The maximum atomic E-state index is 12.8. The average Bonchev–Trinajstić information content (AvgIpc) is 2.41. The van der Waals surface area contributed by atoms with Crippen molar-refractivity contribution in [2.24, 2.45) is 11.7 Å². The number of halogens is 1. The first-order valence-electron chi connectivity index (χ1n) is 6.95. The zero-order chi connectivity index (χ0) is 12.8. The van der Waals surface area contributed by atoms with Crippen molar-refractivity contribution in [3.8, 4) is 0 Å². The monoisotopic (exact) mass is 250 g/mol. The molecule has 0 spiro atoms. The lowest BCUT2D eigenvalue weighted by Gasteiger charge is -2.32. The molecule has 1 aliphatic heterocycles. The highest BCUT2D eigenvalue weighted by atomic mass is 19.1. The van der Waals surface area contributed by atoms with Crippen LogP contribution in [0.15, 0.2) is 24.3 Å². The van der Waals surface area contributed by atoms with E-state index < -0.39 is 0 Å². The van der Waals surface area contributed by atoms with Gasteiger partial charge in [-0.1, -0.05) is 12.1 Å². The molecule has 0 atom stereocenters. The molecular formula is C15H23FN2. The molecule has 0 unspecified atom stereocenters. The highest BCUT2D eigenvalue weighted by Gasteiger charge is 2.18. The fourth-order valence-electron chi connectivity index (χ4n) is 2.69. The van der Waals surface area contributed by atoms with Gasteiger partial charge in [-0.3, -0.25) is 4.90 Å². The van der Waals surface area contributed by atoms with Crippen molar-refractivity contribution in [3.05, 3.63) is 35.6 Å². The van der Waals surface area contributed by atoms with Gasteiger partial charge in [0.1, 0.15) is 5.82 Å². The fourth-order valence-corrected chi connectivity index (χ4v) is 2.69. The Labute approximate surface area is 109 Å². The van der Waals surface area contributed by atoms with Gasteiger partial charge < -0.3 is 5.73 Å². The van der Waals surface area contributed by atoms with E-state index in [1.54, 1.807) is 12.1 Å². The smallest absolute Gasteiger partial charge is 0.123 e. The Morgan fingerprint density at radius 2 is 1.83 bits per heavy atom. The Balaban J connectivity index is 1.74. The zero-order valence-corrected chi connectivity index (χ0v) is 10.9. The first kappa shape index (κ1) is 13.5.